The second kappa shape index (κ2) is 44.5. The second-order valence-corrected chi connectivity index (χ2v) is 45.7. The number of nitrogens with two attached hydrogens (primary N) is 2. The van der Waals surface area contributed by atoms with E-state index in [2.05, 4.69) is 442 Å². The molecular formula is C114H146N10S3. The third kappa shape index (κ3) is 33.0. The molecule has 8 aromatic carbocycles. The van der Waals surface area contributed by atoms with Crippen LogP contribution in [0, 0.1) is 13.8 Å². The van der Waals surface area contributed by atoms with Gasteiger partial charge in [-0.1, -0.05) is 401 Å². The van der Waals surface area contributed by atoms with Gasteiger partial charge in [-0.05, 0) is 200 Å². The van der Waals surface area contributed by atoms with Gasteiger partial charge in [-0.2, -0.15) is 0 Å². The molecule has 0 amide bonds. The SMILES string of the molecule is CC(C)(C)c1ccc(N)nc1.CC(C)(C)c1cccc2c1Sc1ccccc1S2.CC(C)(C)c1cccc2ccccc12.CC(C)(C)c1cccc2cccnc12.CC(C)(C)c1cccnc1.CC(C)(C)c1cnc(N)nc1.CC(C)(C)c1cnc2ccccc2c1.CC(C)(C)c1csc2ccccc12.Cc1ccc(C(C)(C)C)cc1.Cc1ncc(C(C)(C)C)cn1. The van der Waals surface area contributed by atoms with Crippen LogP contribution in [0.25, 0.3) is 42.7 Å². The summed E-state index contributed by atoms with van der Waals surface area (Å²) >= 11 is 5.65. The first-order chi connectivity index (χ1) is 59.0. The van der Waals surface area contributed by atoms with Crippen LogP contribution in [0.4, 0.5) is 11.8 Å². The van der Waals surface area contributed by atoms with Crippen LogP contribution in [-0.2, 0) is 54.1 Å². The molecule has 0 fully saturated rings. The Labute approximate surface area is 776 Å². The summed E-state index contributed by atoms with van der Waals surface area (Å²) in [5.74, 6) is 1.74. The van der Waals surface area contributed by atoms with E-state index in [0.29, 0.717) is 11.8 Å². The van der Waals surface area contributed by atoms with Gasteiger partial charge in [-0.25, -0.2) is 24.9 Å². The Morgan fingerprint density at radius 1 is 0.268 bits per heavy atom. The first-order valence-electron chi connectivity index (χ1n) is 44.3. The van der Waals surface area contributed by atoms with Crippen LogP contribution in [0.5, 0.6) is 0 Å². The molecule has 10 nitrogen and oxygen atoms in total. The molecule has 0 bridgehead atoms. The van der Waals surface area contributed by atoms with Crippen molar-refractivity contribution >= 4 is 89.3 Å². The zero-order valence-electron chi connectivity index (χ0n) is 82.5. The Kier molecular flexibility index (Phi) is 36.3. The largest absolute Gasteiger partial charge is 0.384 e. The summed E-state index contributed by atoms with van der Waals surface area (Å²) in [6.07, 6.45) is 16.7. The van der Waals surface area contributed by atoms with Crippen molar-refractivity contribution in [3.63, 3.8) is 0 Å². The van der Waals surface area contributed by atoms with Crippen molar-refractivity contribution in [2.24, 2.45) is 0 Å². The van der Waals surface area contributed by atoms with Crippen LogP contribution < -0.4 is 11.5 Å². The number of rotatable bonds is 0. The Morgan fingerprint density at radius 3 is 1.20 bits per heavy atom. The van der Waals surface area contributed by atoms with Gasteiger partial charge in [-0.15, -0.1) is 11.3 Å². The molecule has 0 aliphatic carbocycles. The lowest BCUT2D eigenvalue weighted by atomic mass is 9.84. The van der Waals surface area contributed by atoms with E-state index < -0.39 is 0 Å². The summed E-state index contributed by atoms with van der Waals surface area (Å²) in [6.45, 7) is 70.2. The molecule has 0 atom stereocenters. The fraction of sp³-hybridized carbons (Fsp3) is 0.368. The summed E-state index contributed by atoms with van der Waals surface area (Å²) in [7, 11) is 0. The molecular weight excluding hydrogens is 1610 g/mol. The van der Waals surface area contributed by atoms with Gasteiger partial charge in [-0.3, -0.25) is 15.0 Å². The molecule has 127 heavy (non-hydrogen) atoms. The van der Waals surface area contributed by atoms with Gasteiger partial charge in [0.25, 0.3) is 0 Å². The standard InChI is InChI=1S/C16H16S2.C14H16.2C13H15N.C12H14S.C11H16.2C9H14N2.C9H13N.C8H13N3/c1-16(2,3)11-7-6-10-14-15(11)18-13-9-5-4-8-12(13)17-14;1-14(2,3)13-10-6-8-11-7-4-5-9-12(11)13;1-13(2,3)11-8-4-6-10-7-5-9-14-12(10)11;1-13(2,3)11-8-10-6-4-5-7-12(10)14-9-11;1-12(2,3)10-8-13-11-7-5-4-6-9(10)11;1-9-5-7-10(8-6-9)11(2,3)4;1-7-10-5-8(6-11-7)9(2,3)4;1-9(2,3)7-4-5-8(10)11-6-7;1-9(2,3)8-5-4-6-10-7-8;1-8(2,3)6-4-10-7(9)11-5-6/h4-10H,1-3H3;4-10H,1-3H3;2*4-9H,1-3H3;4-8H,1-3H3;5-8H,1-4H3;5-6H,1-4H3;4-6H,1-3H3,(H2,10,11);4-7H,1-3H3;4-5H,1-3H3,(H2,9,10,11). The summed E-state index contributed by atoms with van der Waals surface area (Å²) in [6, 6.07) is 76.7. The zero-order chi connectivity index (χ0) is 94.3. The second-order valence-electron chi connectivity index (χ2n) is 42.7. The highest BCUT2D eigenvalue weighted by atomic mass is 32.2. The Morgan fingerprint density at radius 2 is 0.685 bits per heavy atom. The molecule has 1 aliphatic rings. The number of hydrogen-bond acceptors (Lipinski definition) is 13. The zero-order valence-corrected chi connectivity index (χ0v) is 85.0. The molecule has 16 rings (SSSR count). The normalized spacial score (nSPS) is 12.1. The van der Waals surface area contributed by atoms with E-state index in [-0.39, 0.29) is 54.1 Å². The maximum absolute atomic E-state index is 5.46. The topological polar surface area (TPSA) is 155 Å². The number of nitrogens with zero attached hydrogens (tertiary/aromatic N) is 8. The molecule has 4 N–H and O–H groups in total. The van der Waals surface area contributed by atoms with Gasteiger partial charge in [0.2, 0.25) is 5.95 Å². The molecule has 0 spiro atoms. The third-order valence-electron chi connectivity index (χ3n) is 21.1. The van der Waals surface area contributed by atoms with E-state index in [0.717, 1.165) is 22.4 Å². The Hall–Kier alpha value is -10.4. The molecule has 0 radical (unpaired) electrons. The highest BCUT2D eigenvalue weighted by Crippen LogP contribution is 2.51. The average Bonchev–Trinajstić information content (AvgIpc) is 1.30. The van der Waals surface area contributed by atoms with Crippen LogP contribution in [-0.4, -0.2) is 39.9 Å². The van der Waals surface area contributed by atoms with Crippen molar-refractivity contribution in [3.05, 3.63) is 347 Å². The fourth-order valence-electron chi connectivity index (χ4n) is 13.0. The minimum Gasteiger partial charge on any atom is -0.384 e. The van der Waals surface area contributed by atoms with Crippen molar-refractivity contribution < 1.29 is 0 Å². The number of pyridine rings is 4. The van der Waals surface area contributed by atoms with Gasteiger partial charge < -0.3 is 11.5 Å². The van der Waals surface area contributed by atoms with Gasteiger partial charge in [0.1, 0.15) is 11.6 Å². The highest BCUT2D eigenvalue weighted by molar-refractivity contribution is 8.05. The lowest BCUT2D eigenvalue weighted by Crippen LogP contribution is -2.13. The number of nitrogen functional groups attached to an aromatic ring is 2. The number of fused-ring (bicyclic) bond motifs is 6. The van der Waals surface area contributed by atoms with Crippen molar-refractivity contribution in [1.82, 2.24) is 39.9 Å². The fourth-order valence-corrected chi connectivity index (χ4v) is 16.8. The van der Waals surface area contributed by atoms with Crippen LogP contribution in [0.15, 0.2) is 299 Å². The molecule has 1 aliphatic heterocycles. The first kappa shape index (κ1) is 104. The molecule has 0 saturated heterocycles. The quantitative estimate of drug-likeness (QED) is 0.148. The van der Waals surface area contributed by atoms with Gasteiger partial charge >= 0.3 is 0 Å². The molecule has 7 aromatic heterocycles. The number of para-hydroxylation sites is 2. The van der Waals surface area contributed by atoms with E-state index in [9.17, 15) is 0 Å². The van der Waals surface area contributed by atoms with Crippen LogP contribution in [0.1, 0.15) is 275 Å². The van der Waals surface area contributed by atoms with E-state index in [1.54, 1.807) is 18.6 Å². The van der Waals surface area contributed by atoms with Crippen LogP contribution >= 0.6 is 34.9 Å². The summed E-state index contributed by atoms with van der Waals surface area (Å²) < 4.78 is 1.40. The smallest absolute Gasteiger partial charge is 0.219 e. The first-order valence-corrected chi connectivity index (χ1v) is 46.8. The number of anilines is 2. The number of aromatic nitrogens is 8. The third-order valence-corrected chi connectivity index (χ3v) is 24.7. The van der Waals surface area contributed by atoms with Crippen molar-refractivity contribution in [2.45, 2.75) is 295 Å². The molecule has 670 valence electrons. The average molecular weight is 1750 g/mol. The monoisotopic (exact) mass is 1750 g/mol. The molecule has 15 aromatic rings. The van der Waals surface area contributed by atoms with Crippen molar-refractivity contribution in [2.75, 3.05) is 11.5 Å². The van der Waals surface area contributed by atoms with Crippen molar-refractivity contribution in [3.8, 4) is 0 Å². The Balaban J connectivity index is 0.000000194. The van der Waals surface area contributed by atoms with E-state index in [4.69, 9.17) is 11.5 Å². The minimum atomic E-state index is 0.105. The van der Waals surface area contributed by atoms with Gasteiger partial charge in [0.05, 0.1) is 11.0 Å². The lowest BCUT2D eigenvalue weighted by molar-refractivity contribution is 0.574. The summed E-state index contributed by atoms with van der Waals surface area (Å²) in [5.41, 5.74) is 29.4. The lowest BCUT2D eigenvalue weighted by Gasteiger charge is -2.27. The maximum atomic E-state index is 5.46. The highest BCUT2D eigenvalue weighted by Gasteiger charge is 2.27. The van der Waals surface area contributed by atoms with E-state index >= 15 is 0 Å². The maximum Gasteiger partial charge on any atom is 0.219 e. The summed E-state index contributed by atoms with van der Waals surface area (Å²) in [5, 5.41) is 8.85. The van der Waals surface area contributed by atoms with Gasteiger partial charge in [0, 0.05) is 90.8 Å². The molecule has 0 saturated carbocycles. The number of thiophene rings is 1. The number of hydrogen-bond donors (Lipinski definition) is 2. The van der Waals surface area contributed by atoms with E-state index in [1.165, 1.54) is 107 Å². The minimum absolute atomic E-state index is 0.105. The van der Waals surface area contributed by atoms with Gasteiger partial charge in [0.15, 0.2) is 0 Å². The number of benzene rings is 8. The van der Waals surface area contributed by atoms with Crippen LogP contribution in [0.3, 0.4) is 0 Å². The van der Waals surface area contributed by atoms with Crippen LogP contribution in [0.2, 0.25) is 0 Å². The predicted octanol–water partition coefficient (Wildman–Crippen LogP) is 32.1. The summed E-state index contributed by atoms with van der Waals surface area (Å²) in [4.78, 5) is 38.7. The van der Waals surface area contributed by atoms with E-state index in [1.807, 2.05) is 115 Å². The molecule has 8 heterocycles. The molecule has 0 unspecified atom stereocenters. The molecule has 13 heteroatoms. The Bertz CT molecular complexity index is 5560. The van der Waals surface area contributed by atoms with Crippen molar-refractivity contribution in [1.29, 1.82) is 0 Å². The number of aryl methyl sites for hydroxylation is 2. The predicted molar refractivity (Wildman–Crippen MR) is 555 cm³/mol.